The number of halogens is 1. The van der Waals surface area contributed by atoms with Crippen LogP contribution in [0.2, 0.25) is 0 Å². The van der Waals surface area contributed by atoms with Crippen LogP contribution in [0.5, 0.6) is 0 Å². The molecule has 31 heavy (non-hydrogen) atoms. The van der Waals surface area contributed by atoms with E-state index in [1.165, 1.54) is 6.07 Å². The molecule has 4 N–H and O–H groups in total. The molecule has 2 aromatic rings. The number of benzene rings is 1. The molecule has 1 saturated carbocycles. The molecular formula is C23H19FN4O3. The molecule has 7 nitrogen and oxygen atoms in total. The van der Waals surface area contributed by atoms with Crippen LogP contribution in [0.4, 0.5) is 4.39 Å². The molecule has 1 aromatic heterocycles. The van der Waals surface area contributed by atoms with Gasteiger partial charge >= 0.3 is 0 Å². The lowest BCUT2D eigenvalue weighted by Gasteiger charge is -2.26. The summed E-state index contributed by atoms with van der Waals surface area (Å²) in [4.78, 5) is 28.5. The number of hydrogen-bond donors (Lipinski definition) is 3. The molecule has 7 rings (SSSR count). The number of allylic oxidation sites excluding steroid dienone is 2. The Balaban J connectivity index is 1.53. The van der Waals surface area contributed by atoms with Crippen LogP contribution in [0.25, 0.3) is 17.0 Å². The normalized spacial score (nSPS) is 25.3. The lowest BCUT2D eigenvalue weighted by Crippen LogP contribution is -2.36. The molecule has 5 aliphatic rings. The molecule has 2 fully saturated rings. The molecule has 1 aromatic carbocycles. The first-order valence-electron chi connectivity index (χ1n) is 10.4. The van der Waals surface area contributed by atoms with E-state index in [2.05, 4.69) is 32.8 Å². The largest absolute Gasteiger partial charge is 0.369 e. The van der Waals surface area contributed by atoms with E-state index in [9.17, 15) is 19.1 Å². The minimum Gasteiger partial charge on any atom is -0.369 e. The van der Waals surface area contributed by atoms with E-state index >= 15 is 0 Å². The van der Waals surface area contributed by atoms with Crippen molar-refractivity contribution in [2.75, 3.05) is 6.54 Å². The number of aliphatic hydroxyl groups is 1. The van der Waals surface area contributed by atoms with Crippen LogP contribution in [0, 0.1) is 17.7 Å². The molecule has 0 radical (unpaired) electrons. The number of carbonyl (C=O) groups excluding carboxylic acids is 2. The van der Waals surface area contributed by atoms with Crippen molar-refractivity contribution in [3.05, 3.63) is 46.5 Å². The van der Waals surface area contributed by atoms with E-state index in [1.54, 1.807) is 6.07 Å². The van der Waals surface area contributed by atoms with Gasteiger partial charge in [-0.2, -0.15) is 0 Å². The van der Waals surface area contributed by atoms with Crippen molar-refractivity contribution in [3.63, 3.8) is 0 Å². The molecule has 156 valence electrons. The molecule has 0 spiro atoms. The average Bonchev–Trinajstić information content (AvgIpc) is 3.42. The van der Waals surface area contributed by atoms with Crippen LogP contribution < -0.4 is 11.1 Å². The zero-order chi connectivity index (χ0) is 21.5. The summed E-state index contributed by atoms with van der Waals surface area (Å²) in [5.41, 5.74) is 7.44. The van der Waals surface area contributed by atoms with Gasteiger partial charge in [0.1, 0.15) is 17.3 Å². The average molecular weight is 418 g/mol. The van der Waals surface area contributed by atoms with E-state index in [-0.39, 0.29) is 29.6 Å². The standard InChI is InChI=1S/C23H19FN4O3/c24-17-10-15-13-7-14(8-13)28-19(11-1-2-11)18(20(25)29)27-21(28)16(15)9-12(17)3-4-23(31)5-6-26-22(23)30/h7,9-11,14,31H,1-2,5-6,8H2,(H2,25,29)(H,26,30)/t14?,23-/m0/s1. The van der Waals surface area contributed by atoms with Gasteiger partial charge < -0.3 is 20.7 Å². The number of imidazole rings is 1. The quantitative estimate of drug-likeness (QED) is 0.644. The number of carbonyl (C=O) groups is 2. The first kappa shape index (κ1) is 18.3. The Bertz CT molecular complexity index is 1290. The molecule has 4 heterocycles. The maximum absolute atomic E-state index is 14.9. The summed E-state index contributed by atoms with van der Waals surface area (Å²) in [6, 6.07) is 3.08. The Morgan fingerprint density at radius 3 is 2.77 bits per heavy atom. The fourth-order valence-electron chi connectivity index (χ4n) is 4.72. The summed E-state index contributed by atoms with van der Waals surface area (Å²) in [6.07, 6.45) is 4.94. The van der Waals surface area contributed by atoms with Gasteiger partial charge in [-0.1, -0.05) is 17.9 Å². The second kappa shape index (κ2) is 6.05. The Labute approximate surface area is 177 Å². The third kappa shape index (κ3) is 2.60. The van der Waals surface area contributed by atoms with Gasteiger partial charge in [-0.25, -0.2) is 9.37 Å². The third-order valence-corrected chi connectivity index (χ3v) is 6.55. The lowest BCUT2D eigenvalue weighted by molar-refractivity contribution is -0.130. The first-order valence-corrected chi connectivity index (χ1v) is 10.4. The van der Waals surface area contributed by atoms with E-state index in [4.69, 9.17) is 5.73 Å². The number of nitrogens with two attached hydrogens (primary N) is 1. The molecule has 1 unspecified atom stereocenters. The van der Waals surface area contributed by atoms with Crippen molar-refractivity contribution < 1.29 is 19.1 Å². The highest BCUT2D eigenvalue weighted by Crippen LogP contribution is 2.52. The molecule has 1 saturated heterocycles. The van der Waals surface area contributed by atoms with Crippen molar-refractivity contribution in [2.24, 2.45) is 5.73 Å². The Morgan fingerprint density at radius 1 is 1.35 bits per heavy atom. The monoisotopic (exact) mass is 418 g/mol. The van der Waals surface area contributed by atoms with E-state index in [0.717, 1.165) is 36.1 Å². The van der Waals surface area contributed by atoms with E-state index < -0.39 is 23.2 Å². The molecular weight excluding hydrogens is 399 g/mol. The van der Waals surface area contributed by atoms with E-state index in [0.29, 0.717) is 17.9 Å². The number of hydrogen-bond acceptors (Lipinski definition) is 4. The number of aromatic nitrogens is 2. The highest BCUT2D eigenvalue weighted by molar-refractivity contribution is 5.95. The van der Waals surface area contributed by atoms with Crippen LogP contribution in [0.3, 0.4) is 0 Å². The summed E-state index contributed by atoms with van der Waals surface area (Å²) in [5.74, 6) is 4.36. The predicted molar refractivity (Wildman–Crippen MR) is 109 cm³/mol. The number of rotatable bonds is 2. The van der Waals surface area contributed by atoms with Crippen LogP contribution in [0.1, 0.15) is 65.0 Å². The number of nitrogens with zero attached hydrogens (tertiary/aromatic N) is 2. The number of primary amides is 1. The zero-order valence-electron chi connectivity index (χ0n) is 16.5. The van der Waals surface area contributed by atoms with Crippen molar-refractivity contribution in [3.8, 4) is 23.2 Å². The predicted octanol–water partition coefficient (Wildman–Crippen LogP) is 1.61. The van der Waals surface area contributed by atoms with Crippen molar-refractivity contribution in [1.82, 2.24) is 14.9 Å². The smallest absolute Gasteiger partial charge is 0.269 e. The van der Waals surface area contributed by atoms with Crippen LogP contribution in [-0.4, -0.2) is 38.6 Å². The fraction of sp³-hybridized carbons (Fsp3) is 0.348. The van der Waals surface area contributed by atoms with Gasteiger partial charge in [-0.3, -0.25) is 9.59 Å². The van der Waals surface area contributed by atoms with Crippen LogP contribution in [0.15, 0.2) is 18.2 Å². The SMILES string of the molecule is NC(=O)c1nc2n(c1C1CC1)C1C=C(C1)c1cc(F)c(C#C[C@]3(O)CCNC3=O)cc1-2. The van der Waals surface area contributed by atoms with Gasteiger partial charge in [0.25, 0.3) is 11.8 Å². The lowest BCUT2D eigenvalue weighted by atomic mass is 9.86. The molecule has 2 atom stereocenters. The minimum atomic E-state index is -1.82. The molecule has 3 aliphatic heterocycles. The summed E-state index contributed by atoms with van der Waals surface area (Å²) in [5, 5.41) is 12.9. The van der Waals surface area contributed by atoms with Gasteiger partial charge in [-0.15, -0.1) is 0 Å². The maximum atomic E-state index is 14.9. The van der Waals surface area contributed by atoms with Gasteiger partial charge in [0, 0.05) is 24.4 Å². The van der Waals surface area contributed by atoms with Crippen molar-refractivity contribution in [1.29, 1.82) is 0 Å². The second-order valence-electron chi connectivity index (χ2n) is 8.63. The topological polar surface area (TPSA) is 110 Å². The van der Waals surface area contributed by atoms with Crippen molar-refractivity contribution in [2.45, 2.75) is 43.2 Å². The second-order valence-corrected chi connectivity index (χ2v) is 8.63. The molecule has 2 bridgehead atoms. The third-order valence-electron chi connectivity index (χ3n) is 6.55. The summed E-state index contributed by atoms with van der Waals surface area (Å²) < 4.78 is 17.0. The first-order chi connectivity index (χ1) is 14.9. The van der Waals surface area contributed by atoms with Gasteiger partial charge in [0.05, 0.1) is 17.3 Å². The highest BCUT2D eigenvalue weighted by atomic mass is 19.1. The maximum Gasteiger partial charge on any atom is 0.269 e. The Kier molecular flexibility index (Phi) is 3.58. The van der Waals surface area contributed by atoms with Crippen molar-refractivity contribution >= 4 is 17.4 Å². The molecule has 2 aliphatic carbocycles. The summed E-state index contributed by atoms with van der Waals surface area (Å²) in [7, 11) is 0. The van der Waals surface area contributed by atoms with Crippen LogP contribution in [-0.2, 0) is 4.79 Å². The molecule has 2 amide bonds. The van der Waals surface area contributed by atoms with Gasteiger partial charge in [0.2, 0.25) is 5.60 Å². The Hall–Kier alpha value is -3.44. The minimum absolute atomic E-state index is 0.0640. The Morgan fingerprint density at radius 2 is 2.13 bits per heavy atom. The van der Waals surface area contributed by atoms with Gasteiger partial charge in [-0.05, 0) is 42.5 Å². The van der Waals surface area contributed by atoms with E-state index in [1.807, 2.05) is 0 Å². The number of nitrogens with one attached hydrogen (secondary N) is 1. The summed E-state index contributed by atoms with van der Waals surface area (Å²) >= 11 is 0. The van der Waals surface area contributed by atoms with Crippen LogP contribution >= 0.6 is 0 Å². The molecule has 8 heteroatoms. The fourth-order valence-corrected chi connectivity index (χ4v) is 4.72. The number of amides is 2. The summed E-state index contributed by atoms with van der Waals surface area (Å²) in [6.45, 7) is 0.323. The zero-order valence-corrected chi connectivity index (χ0v) is 16.5. The highest BCUT2D eigenvalue weighted by Gasteiger charge is 2.41. The van der Waals surface area contributed by atoms with Gasteiger partial charge in [0.15, 0.2) is 0 Å².